The van der Waals surface area contributed by atoms with E-state index in [9.17, 15) is 0 Å². The van der Waals surface area contributed by atoms with Gasteiger partial charge < -0.3 is 0 Å². The lowest BCUT2D eigenvalue weighted by atomic mass is 10.1. The Hall–Kier alpha value is -1.66. The molecule has 4 nitrogen and oxygen atoms in total. The monoisotopic (exact) mass is 318 g/mol. The topological polar surface area (TPSA) is 55.9 Å². The molecule has 3 N–H and O–H groups in total. The highest BCUT2D eigenvalue weighted by molar-refractivity contribution is 7.10. The first kappa shape index (κ1) is 14.3. The summed E-state index contributed by atoms with van der Waals surface area (Å²) in [5.41, 5.74) is 5.85. The highest BCUT2D eigenvalue weighted by Gasteiger charge is 2.22. The largest absolute Gasteiger partial charge is 0.270 e. The van der Waals surface area contributed by atoms with E-state index >= 15 is 0 Å². The highest BCUT2D eigenvalue weighted by atomic mass is 35.5. The van der Waals surface area contributed by atoms with Gasteiger partial charge in [-0.05, 0) is 36.1 Å². The van der Waals surface area contributed by atoms with Crippen LogP contribution in [0.4, 0.5) is 0 Å². The predicted octanol–water partition coefficient (Wildman–Crippen LogP) is 3.45. The highest BCUT2D eigenvalue weighted by Crippen LogP contribution is 2.35. The van der Waals surface area contributed by atoms with E-state index in [1.54, 1.807) is 17.5 Å². The normalized spacial score (nSPS) is 12.5. The zero-order valence-corrected chi connectivity index (χ0v) is 13.0. The molecule has 0 amide bonds. The van der Waals surface area contributed by atoms with Crippen molar-refractivity contribution in [3.8, 4) is 5.69 Å². The fourth-order valence-corrected chi connectivity index (χ4v) is 3.63. The first-order chi connectivity index (χ1) is 10.2. The second kappa shape index (κ2) is 5.99. The number of hydrogen-bond acceptors (Lipinski definition) is 4. The third kappa shape index (κ3) is 2.61. The second-order valence-electron chi connectivity index (χ2n) is 4.70. The van der Waals surface area contributed by atoms with Crippen LogP contribution < -0.4 is 11.3 Å². The Kier molecular flexibility index (Phi) is 4.07. The molecule has 6 heteroatoms. The van der Waals surface area contributed by atoms with Gasteiger partial charge in [0, 0.05) is 11.1 Å². The van der Waals surface area contributed by atoms with Gasteiger partial charge >= 0.3 is 0 Å². The molecule has 3 aromatic rings. The van der Waals surface area contributed by atoms with Crippen molar-refractivity contribution in [1.29, 1.82) is 0 Å². The van der Waals surface area contributed by atoms with Crippen LogP contribution >= 0.6 is 22.9 Å². The molecule has 0 saturated heterocycles. The molecule has 1 aromatic carbocycles. The number of thiophene rings is 1. The Morgan fingerprint density at radius 2 is 2.05 bits per heavy atom. The number of hydrazine groups is 1. The quantitative estimate of drug-likeness (QED) is 0.572. The van der Waals surface area contributed by atoms with E-state index < -0.39 is 0 Å². The van der Waals surface area contributed by atoms with Gasteiger partial charge in [-0.15, -0.1) is 11.3 Å². The minimum atomic E-state index is -0.195. The van der Waals surface area contributed by atoms with Gasteiger partial charge in [-0.3, -0.25) is 5.84 Å². The van der Waals surface area contributed by atoms with Crippen molar-refractivity contribution in [3.05, 3.63) is 69.1 Å². The maximum absolute atomic E-state index is 6.38. The summed E-state index contributed by atoms with van der Waals surface area (Å²) in [6.07, 6.45) is 1.76. The van der Waals surface area contributed by atoms with E-state index in [2.05, 4.69) is 10.5 Å². The molecule has 2 heterocycles. The lowest BCUT2D eigenvalue weighted by Gasteiger charge is -2.17. The van der Waals surface area contributed by atoms with Gasteiger partial charge in [0.2, 0.25) is 0 Å². The molecule has 1 atom stereocenters. The molecule has 0 radical (unpaired) electrons. The van der Waals surface area contributed by atoms with Gasteiger partial charge in [0.15, 0.2) is 0 Å². The minimum Gasteiger partial charge on any atom is -0.270 e. The van der Waals surface area contributed by atoms with E-state index in [-0.39, 0.29) is 6.04 Å². The Labute approximate surface area is 132 Å². The van der Waals surface area contributed by atoms with Crippen LogP contribution in [0.25, 0.3) is 5.69 Å². The summed E-state index contributed by atoms with van der Waals surface area (Å²) in [7, 11) is 0. The van der Waals surface area contributed by atoms with Crippen molar-refractivity contribution < 1.29 is 0 Å². The van der Waals surface area contributed by atoms with E-state index in [1.807, 2.05) is 53.4 Å². The average Bonchev–Trinajstić information content (AvgIpc) is 3.11. The number of halogens is 1. The summed E-state index contributed by atoms with van der Waals surface area (Å²) in [4.78, 5) is 0.995. The summed E-state index contributed by atoms with van der Waals surface area (Å²) < 4.78 is 1.87. The van der Waals surface area contributed by atoms with Gasteiger partial charge in [-0.1, -0.05) is 29.8 Å². The van der Waals surface area contributed by atoms with E-state index in [0.717, 1.165) is 26.8 Å². The summed E-state index contributed by atoms with van der Waals surface area (Å²) in [6.45, 7) is 1.99. The van der Waals surface area contributed by atoms with E-state index in [1.165, 1.54) is 0 Å². The van der Waals surface area contributed by atoms with Crippen molar-refractivity contribution >= 4 is 22.9 Å². The molecule has 0 bridgehead atoms. The molecule has 108 valence electrons. The summed E-state index contributed by atoms with van der Waals surface area (Å²) >= 11 is 7.98. The minimum absolute atomic E-state index is 0.195. The van der Waals surface area contributed by atoms with Crippen LogP contribution in [-0.2, 0) is 0 Å². The van der Waals surface area contributed by atoms with Crippen molar-refractivity contribution in [1.82, 2.24) is 15.2 Å². The maximum Gasteiger partial charge on any atom is 0.0989 e. The molecule has 0 aliphatic rings. The van der Waals surface area contributed by atoms with Crippen molar-refractivity contribution in [2.75, 3.05) is 0 Å². The van der Waals surface area contributed by atoms with Crippen LogP contribution in [0.1, 0.15) is 22.2 Å². The fourth-order valence-electron chi connectivity index (χ4n) is 2.26. The number of nitrogens with zero attached hydrogens (tertiary/aromatic N) is 2. The molecule has 1 unspecified atom stereocenters. The Bertz CT molecular complexity index is 735. The Balaban J connectivity index is 2.07. The lowest BCUT2D eigenvalue weighted by Crippen LogP contribution is -2.30. The summed E-state index contributed by atoms with van der Waals surface area (Å²) in [5, 5.41) is 7.19. The zero-order chi connectivity index (χ0) is 14.8. The third-order valence-corrected chi connectivity index (χ3v) is 5.10. The smallest absolute Gasteiger partial charge is 0.0989 e. The number of para-hydroxylation sites is 1. The van der Waals surface area contributed by atoms with Crippen LogP contribution in [0.5, 0.6) is 0 Å². The maximum atomic E-state index is 6.38. The molecular weight excluding hydrogens is 304 g/mol. The van der Waals surface area contributed by atoms with Gasteiger partial charge in [-0.25, -0.2) is 10.1 Å². The number of aryl methyl sites for hydroxylation is 1. The van der Waals surface area contributed by atoms with Crippen molar-refractivity contribution in [2.24, 2.45) is 5.84 Å². The predicted molar refractivity (Wildman–Crippen MR) is 86.8 cm³/mol. The van der Waals surface area contributed by atoms with Crippen LogP contribution in [0, 0.1) is 6.92 Å². The fraction of sp³-hybridized carbons (Fsp3) is 0.133. The second-order valence-corrected chi connectivity index (χ2v) is 5.99. The molecule has 0 spiro atoms. The zero-order valence-electron chi connectivity index (χ0n) is 11.5. The van der Waals surface area contributed by atoms with Gasteiger partial charge in [-0.2, -0.15) is 5.10 Å². The number of nitrogens with two attached hydrogens (primary N) is 1. The molecule has 0 fully saturated rings. The number of hydrogen-bond donors (Lipinski definition) is 2. The number of nitrogens with one attached hydrogen (secondary N) is 1. The van der Waals surface area contributed by atoms with E-state index in [4.69, 9.17) is 17.4 Å². The Morgan fingerprint density at radius 3 is 2.67 bits per heavy atom. The van der Waals surface area contributed by atoms with Crippen LogP contribution in [-0.4, -0.2) is 9.78 Å². The average molecular weight is 319 g/mol. The van der Waals surface area contributed by atoms with E-state index in [0.29, 0.717) is 0 Å². The van der Waals surface area contributed by atoms with Crippen LogP contribution in [0.3, 0.4) is 0 Å². The van der Waals surface area contributed by atoms with Gasteiger partial charge in [0.1, 0.15) is 0 Å². The SMILES string of the molecule is Cc1csc(C(NN)c2ccnn2-c2ccccc2)c1Cl. The third-order valence-electron chi connectivity index (χ3n) is 3.32. The standard InChI is InChI=1S/C15H15ClN4S/c1-10-9-21-15(13(10)16)14(19-17)12-7-8-18-20(12)11-5-3-2-4-6-11/h2-9,14,19H,17H2,1H3. The number of benzene rings is 1. The molecule has 0 aliphatic heterocycles. The summed E-state index contributed by atoms with van der Waals surface area (Å²) in [6, 6.07) is 11.7. The Morgan fingerprint density at radius 1 is 1.29 bits per heavy atom. The number of rotatable bonds is 4. The lowest BCUT2D eigenvalue weighted by molar-refractivity contribution is 0.605. The first-order valence-electron chi connectivity index (χ1n) is 6.51. The summed E-state index contributed by atoms with van der Waals surface area (Å²) in [5.74, 6) is 5.78. The molecule has 0 saturated carbocycles. The molecular formula is C15H15ClN4S. The van der Waals surface area contributed by atoms with Crippen molar-refractivity contribution in [2.45, 2.75) is 13.0 Å². The van der Waals surface area contributed by atoms with Crippen LogP contribution in [0.15, 0.2) is 48.0 Å². The molecule has 0 aliphatic carbocycles. The van der Waals surface area contributed by atoms with Crippen LogP contribution in [0.2, 0.25) is 5.02 Å². The number of aromatic nitrogens is 2. The van der Waals surface area contributed by atoms with Gasteiger partial charge in [0.25, 0.3) is 0 Å². The van der Waals surface area contributed by atoms with Crippen molar-refractivity contribution in [3.63, 3.8) is 0 Å². The molecule has 21 heavy (non-hydrogen) atoms. The first-order valence-corrected chi connectivity index (χ1v) is 7.77. The van der Waals surface area contributed by atoms with Gasteiger partial charge in [0.05, 0.1) is 22.4 Å². The molecule has 2 aromatic heterocycles. The molecule has 3 rings (SSSR count).